The molecule has 4 rings (SSSR count). The van der Waals surface area contributed by atoms with Crippen LogP contribution in [0, 0.1) is 7.43 Å². The average molecular weight is 418 g/mol. The zero-order valence-corrected chi connectivity index (χ0v) is 18.6. The van der Waals surface area contributed by atoms with Crippen molar-refractivity contribution in [3.05, 3.63) is 79.2 Å². The summed E-state index contributed by atoms with van der Waals surface area (Å²) in [6.07, 6.45) is 10.9. The monoisotopic (exact) mass is 416 g/mol. The van der Waals surface area contributed by atoms with Gasteiger partial charge in [0.05, 0.1) is 0 Å². The molecule has 0 bridgehead atoms. The summed E-state index contributed by atoms with van der Waals surface area (Å²) in [7, 11) is 0. The Morgan fingerprint density at radius 3 is 1.48 bits per heavy atom. The van der Waals surface area contributed by atoms with Crippen molar-refractivity contribution in [1.29, 1.82) is 0 Å². The maximum absolute atomic E-state index is 8.93. The second-order valence-electron chi connectivity index (χ2n) is 5.86. The van der Waals surface area contributed by atoms with E-state index >= 15 is 0 Å². The molecular formula is C23H34OZr. The van der Waals surface area contributed by atoms with Gasteiger partial charge in [-0.05, 0) is 0 Å². The maximum atomic E-state index is 8.93. The molecule has 0 saturated carbocycles. The number of hydrogen-bond acceptors (Lipinski definition) is 1. The van der Waals surface area contributed by atoms with Crippen LogP contribution in [0.2, 0.25) is 0 Å². The van der Waals surface area contributed by atoms with Crippen LogP contribution >= 0.6 is 0 Å². The summed E-state index contributed by atoms with van der Waals surface area (Å²) in [6, 6.07) is 13.4. The molecule has 1 nitrogen and oxygen atoms in total. The number of aryl methyl sites for hydroxylation is 4. The first-order valence-electron chi connectivity index (χ1n) is 8.90. The molecular weight excluding hydrogens is 383 g/mol. The van der Waals surface area contributed by atoms with Gasteiger partial charge < -0.3 is 12.5 Å². The molecule has 2 aliphatic rings. The molecule has 0 aliphatic heterocycles. The van der Waals surface area contributed by atoms with Crippen molar-refractivity contribution in [2.24, 2.45) is 0 Å². The fourth-order valence-corrected chi connectivity index (χ4v) is 3.23. The van der Waals surface area contributed by atoms with E-state index < -0.39 is 0 Å². The van der Waals surface area contributed by atoms with E-state index in [9.17, 15) is 0 Å². The van der Waals surface area contributed by atoms with E-state index in [1.54, 1.807) is 29.2 Å². The molecule has 0 heterocycles. The van der Waals surface area contributed by atoms with Gasteiger partial charge in [-0.25, -0.2) is 12.1 Å². The van der Waals surface area contributed by atoms with Crippen LogP contribution in [-0.4, -0.2) is 6.61 Å². The molecule has 0 spiro atoms. The molecule has 0 saturated heterocycles. The van der Waals surface area contributed by atoms with Gasteiger partial charge >= 0.3 is 26.2 Å². The Kier molecular flexibility index (Phi) is 17.7. The van der Waals surface area contributed by atoms with E-state index in [-0.39, 0.29) is 40.2 Å². The topological polar surface area (TPSA) is 23.1 Å². The summed E-state index contributed by atoms with van der Waals surface area (Å²) < 4.78 is 0. The summed E-state index contributed by atoms with van der Waals surface area (Å²) in [5, 5.41) is 8.93. The van der Waals surface area contributed by atoms with E-state index in [0.29, 0.717) is 0 Å². The molecule has 2 heteroatoms. The molecule has 0 atom stereocenters. The molecule has 2 aliphatic carbocycles. The second kappa shape index (κ2) is 16.7. The fraction of sp³-hybridized carbons (Fsp3) is 0.435. The molecule has 136 valence electrons. The second-order valence-corrected chi connectivity index (χ2v) is 5.86. The first-order valence-corrected chi connectivity index (χ1v) is 8.90. The van der Waals surface area contributed by atoms with Crippen LogP contribution in [0.3, 0.4) is 0 Å². The molecule has 25 heavy (non-hydrogen) atoms. The van der Waals surface area contributed by atoms with E-state index in [1.165, 1.54) is 51.4 Å². The van der Waals surface area contributed by atoms with Gasteiger partial charge in [-0.15, -0.1) is 19.8 Å². The van der Waals surface area contributed by atoms with Gasteiger partial charge in [0.1, 0.15) is 0 Å². The smallest absolute Gasteiger partial charge is 0.855 e. The van der Waals surface area contributed by atoms with E-state index in [0.717, 1.165) is 0 Å². The summed E-state index contributed by atoms with van der Waals surface area (Å²) in [5.74, 6) is 0. The molecule has 2 aromatic carbocycles. The van der Waals surface area contributed by atoms with E-state index in [4.69, 9.17) is 5.11 Å². The first kappa shape index (κ1) is 26.5. The first-order chi connectivity index (χ1) is 11.3. The van der Waals surface area contributed by atoms with E-state index in [2.05, 4.69) is 49.6 Å². The Hall–Kier alpha value is -0.717. The minimum absolute atomic E-state index is 0. The SMILES string of the molecule is C=C.CC[O-].[CH3-].[Zr+4].c1cc2c([cH-]1)CCCC2.c1cc2c([cH-]1)CCCC2. The molecule has 0 aromatic heterocycles. The Bertz CT molecular complexity index is 436. The van der Waals surface area contributed by atoms with Crippen LogP contribution in [0.15, 0.2) is 49.6 Å². The predicted octanol–water partition coefficient (Wildman–Crippen LogP) is 5.19. The van der Waals surface area contributed by atoms with Crippen molar-refractivity contribution in [3.63, 3.8) is 0 Å². The Labute approximate surface area is 175 Å². The van der Waals surface area contributed by atoms with Gasteiger partial charge in [0, 0.05) is 0 Å². The van der Waals surface area contributed by atoms with Crippen LogP contribution in [-0.2, 0) is 51.9 Å². The Morgan fingerprint density at radius 2 is 1.16 bits per heavy atom. The Balaban J connectivity index is 0. The molecule has 0 fully saturated rings. The molecule has 0 unspecified atom stereocenters. The van der Waals surface area contributed by atoms with Gasteiger partial charge in [0.15, 0.2) is 0 Å². The van der Waals surface area contributed by atoms with Gasteiger partial charge in [0.2, 0.25) is 0 Å². The normalized spacial score (nSPS) is 13.4. The van der Waals surface area contributed by atoms with E-state index in [1.807, 2.05) is 0 Å². The standard InChI is InChI=1S/2C9H11.C2H5O.C2H4.CH3.Zr/c2*1-2-5-9-7-3-6-8(9)4-1;1-2-3;1-2;;/h2*3,6-7H,1-2,4-5H2;2H2,1H3;1-2H2;1H3;/q3*-1;;-1;+4. The zero-order valence-electron chi connectivity index (χ0n) is 16.2. The molecule has 0 amide bonds. The third-order valence-corrected chi connectivity index (χ3v) is 4.30. The van der Waals surface area contributed by atoms with Gasteiger partial charge in [0.25, 0.3) is 0 Å². The van der Waals surface area contributed by atoms with Gasteiger partial charge in [-0.1, -0.05) is 58.3 Å². The van der Waals surface area contributed by atoms with Crippen molar-refractivity contribution in [1.82, 2.24) is 0 Å². The zero-order chi connectivity index (χ0) is 16.9. The van der Waals surface area contributed by atoms with Gasteiger partial charge in [-0.3, -0.25) is 0 Å². The van der Waals surface area contributed by atoms with Gasteiger partial charge in [-0.2, -0.15) is 46.5 Å². The van der Waals surface area contributed by atoms with Crippen molar-refractivity contribution in [3.8, 4) is 0 Å². The summed E-state index contributed by atoms with van der Waals surface area (Å²) in [5.41, 5.74) is 6.39. The van der Waals surface area contributed by atoms with Crippen LogP contribution < -0.4 is 5.11 Å². The third kappa shape index (κ3) is 9.52. The van der Waals surface area contributed by atoms with Crippen molar-refractivity contribution in [2.75, 3.05) is 6.61 Å². The van der Waals surface area contributed by atoms with Crippen LogP contribution in [0.25, 0.3) is 0 Å². The third-order valence-electron chi connectivity index (χ3n) is 4.30. The number of fused-ring (bicyclic) bond motifs is 2. The van der Waals surface area contributed by atoms with Crippen molar-refractivity contribution in [2.45, 2.75) is 58.3 Å². The van der Waals surface area contributed by atoms with Crippen molar-refractivity contribution >= 4 is 0 Å². The minimum Gasteiger partial charge on any atom is -0.855 e. The average Bonchev–Trinajstić information content (AvgIpc) is 3.27. The van der Waals surface area contributed by atoms with Crippen LogP contribution in [0.4, 0.5) is 0 Å². The summed E-state index contributed by atoms with van der Waals surface area (Å²) in [6.45, 7) is 7.57. The fourth-order valence-electron chi connectivity index (χ4n) is 3.23. The van der Waals surface area contributed by atoms with Crippen molar-refractivity contribution < 1.29 is 31.3 Å². The summed E-state index contributed by atoms with van der Waals surface area (Å²) in [4.78, 5) is 0. The minimum atomic E-state index is 0. The van der Waals surface area contributed by atoms with Crippen LogP contribution in [0.5, 0.6) is 0 Å². The molecule has 0 radical (unpaired) electrons. The Morgan fingerprint density at radius 1 is 0.840 bits per heavy atom. The molecule has 0 N–H and O–H groups in total. The maximum Gasteiger partial charge on any atom is 4.00 e. The summed E-state index contributed by atoms with van der Waals surface area (Å²) >= 11 is 0. The number of hydrogen-bond donors (Lipinski definition) is 0. The predicted molar refractivity (Wildman–Crippen MR) is 106 cm³/mol. The number of rotatable bonds is 0. The van der Waals surface area contributed by atoms with Crippen LogP contribution in [0.1, 0.15) is 54.9 Å². The quantitative estimate of drug-likeness (QED) is 0.427. The molecule has 2 aromatic rings. The largest absolute Gasteiger partial charge is 4.00 e.